The van der Waals surface area contributed by atoms with Crippen LogP contribution < -0.4 is 10.6 Å². The lowest BCUT2D eigenvalue weighted by atomic mass is 9.95. The predicted octanol–water partition coefficient (Wildman–Crippen LogP) is 2.64. The van der Waals surface area contributed by atoms with E-state index in [2.05, 4.69) is 16.0 Å². The monoisotopic (exact) mass is 290 g/mol. The SMILES string of the molecule is O=C(NC1CC2CCC(C1)N2)c1csc2c1CCCC2. The molecule has 3 aliphatic rings. The number of carbonyl (C=O) groups excluding carboxylic acids is 1. The van der Waals surface area contributed by atoms with Crippen molar-refractivity contribution in [2.45, 2.75) is 69.5 Å². The van der Waals surface area contributed by atoms with Crippen molar-refractivity contribution in [3.8, 4) is 0 Å². The van der Waals surface area contributed by atoms with Gasteiger partial charge in [0.1, 0.15) is 0 Å². The number of carbonyl (C=O) groups is 1. The molecule has 1 aromatic heterocycles. The molecule has 0 spiro atoms. The summed E-state index contributed by atoms with van der Waals surface area (Å²) in [4.78, 5) is 14.0. The summed E-state index contributed by atoms with van der Waals surface area (Å²) in [6, 6.07) is 1.64. The Kier molecular flexibility index (Phi) is 3.31. The van der Waals surface area contributed by atoms with Crippen LogP contribution in [-0.4, -0.2) is 24.0 Å². The molecule has 2 atom stereocenters. The zero-order valence-corrected chi connectivity index (χ0v) is 12.6. The van der Waals surface area contributed by atoms with E-state index in [9.17, 15) is 4.79 Å². The molecule has 20 heavy (non-hydrogen) atoms. The maximum Gasteiger partial charge on any atom is 0.252 e. The van der Waals surface area contributed by atoms with Gasteiger partial charge in [-0.3, -0.25) is 4.79 Å². The first-order chi connectivity index (χ1) is 9.79. The van der Waals surface area contributed by atoms with Crippen molar-refractivity contribution in [2.75, 3.05) is 0 Å². The van der Waals surface area contributed by atoms with E-state index in [0.29, 0.717) is 18.1 Å². The minimum Gasteiger partial charge on any atom is -0.349 e. The maximum atomic E-state index is 12.6. The summed E-state index contributed by atoms with van der Waals surface area (Å²) >= 11 is 1.78. The number of thiophene rings is 1. The van der Waals surface area contributed by atoms with Crippen LogP contribution >= 0.6 is 11.3 Å². The topological polar surface area (TPSA) is 41.1 Å². The van der Waals surface area contributed by atoms with Crippen molar-refractivity contribution in [3.63, 3.8) is 0 Å². The summed E-state index contributed by atoms with van der Waals surface area (Å²) in [5, 5.41) is 9.01. The predicted molar refractivity (Wildman–Crippen MR) is 81.4 cm³/mol. The zero-order valence-electron chi connectivity index (χ0n) is 11.8. The van der Waals surface area contributed by atoms with Gasteiger partial charge in [-0.2, -0.15) is 0 Å². The molecule has 2 aliphatic heterocycles. The molecule has 4 rings (SSSR count). The molecule has 2 fully saturated rings. The van der Waals surface area contributed by atoms with Crippen molar-refractivity contribution in [1.29, 1.82) is 0 Å². The summed E-state index contributed by atoms with van der Waals surface area (Å²) in [6.45, 7) is 0. The molecule has 1 aliphatic carbocycles. The van der Waals surface area contributed by atoms with Crippen molar-refractivity contribution < 1.29 is 4.79 Å². The first-order valence-electron chi connectivity index (χ1n) is 7.96. The number of piperidine rings is 1. The number of rotatable bonds is 2. The molecule has 2 saturated heterocycles. The van der Waals surface area contributed by atoms with Crippen LogP contribution in [0, 0.1) is 0 Å². The van der Waals surface area contributed by atoms with E-state index in [1.807, 2.05) is 0 Å². The van der Waals surface area contributed by atoms with Crippen LogP contribution in [0.2, 0.25) is 0 Å². The molecule has 3 heterocycles. The molecule has 2 N–H and O–H groups in total. The fourth-order valence-corrected chi connectivity index (χ4v) is 5.25. The van der Waals surface area contributed by atoms with Gasteiger partial charge in [0.25, 0.3) is 5.91 Å². The second kappa shape index (κ2) is 5.15. The number of hydrogen-bond donors (Lipinski definition) is 2. The Morgan fingerprint density at radius 1 is 1.20 bits per heavy atom. The first kappa shape index (κ1) is 12.8. The number of nitrogens with one attached hydrogen (secondary N) is 2. The van der Waals surface area contributed by atoms with Gasteiger partial charge in [-0.15, -0.1) is 11.3 Å². The molecule has 3 nitrogen and oxygen atoms in total. The van der Waals surface area contributed by atoms with Gasteiger partial charge in [0.05, 0.1) is 5.56 Å². The average molecular weight is 290 g/mol. The van der Waals surface area contributed by atoms with Gasteiger partial charge in [0, 0.05) is 28.4 Å². The van der Waals surface area contributed by atoms with E-state index < -0.39 is 0 Å². The highest BCUT2D eigenvalue weighted by Gasteiger charge is 2.34. The summed E-state index contributed by atoms with van der Waals surface area (Å²) < 4.78 is 0. The highest BCUT2D eigenvalue weighted by Crippen LogP contribution is 2.31. The highest BCUT2D eigenvalue weighted by atomic mass is 32.1. The first-order valence-corrected chi connectivity index (χ1v) is 8.83. The van der Waals surface area contributed by atoms with Gasteiger partial charge in [-0.25, -0.2) is 0 Å². The van der Waals surface area contributed by atoms with Crippen LogP contribution in [-0.2, 0) is 12.8 Å². The van der Waals surface area contributed by atoms with Gasteiger partial charge < -0.3 is 10.6 Å². The van der Waals surface area contributed by atoms with Crippen LogP contribution in [0.4, 0.5) is 0 Å². The number of fused-ring (bicyclic) bond motifs is 3. The minimum atomic E-state index is 0.177. The van der Waals surface area contributed by atoms with E-state index in [1.165, 1.54) is 42.5 Å². The van der Waals surface area contributed by atoms with E-state index in [-0.39, 0.29) is 5.91 Å². The van der Waals surface area contributed by atoms with E-state index in [1.54, 1.807) is 11.3 Å². The lowest BCUT2D eigenvalue weighted by Gasteiger charge is -2.29. The number of aryl methyl sites for hydroxylation is 1. The van der Waals surface area contributed by atoms with Gasteiger partial charge in [-0.05, 0) is 56.9 Å². The largest absolute Gasteiger partial charge is 0.349 e. The summed E-state index contributed by atoms with van der Waals surface area (Å²) in [6.07, 6.45) is 9.57. The highest BCUT2D eigenvalue weighted by molar-refractivity contribution is 7.10. The normalized spacial score (nSPS) is 31.9. The van der Waals surface area contributed by atoms with Crippen molar-refractivity contribution in [2.24, 2.45) is 0 Å². The van der Waals surface area contributed by atoms with Gasteiger partial charge in [-0.1, -0.05) is 0 Å². The van der Waals surface area contributed by atoms with Crippen LogP contribution in [0.25, 0.3) is 0 Å². The minimum absolute atomic E-state index is 0.177. The Balaban J connectivity index is 1.46. The number of amides is 1. The molecule has 2 bridgehead atoms. The van der Waals surface area contributed by atoms with Crippen LogP contribution in [0.3, 0.4) is 0 Å². The van der Waals surface area contributed by atoms with Crippen molar-refractivity contribution in [1.82, 2.24) is 10.6 Å². The molecule has 1 aromatic rings. The lowest BCUT2D eigenvalue weighted by Crippen LogP contribution is -2.48. The Bertz CT molecular complexity index is 513. The molecular weight excluding hydrogens is 268 g/mol. The third-order valence-electron chi connectivity index (χ3n) is 5.11. The summed E-state index contributed by atoms with van der Waals surface area (Å²) in [7, 11) is 0. The maximum absolute atomic E-state index is 12.6. The summed E-state index contributed by atoms with van der Waals surface area (Å²) in [5.74, 6) is 0.177. The third kappa shape index (κ3) is 2.29. The molecule has 1 amide bonds. The summed E-state index contributed by atoms with van der Waals surface area (Å²) in [5.41, 5.74) is 2.31. The smallest absolute Gasteiger partial charge is 0.252 e. The van der Waals surface area contributed by atoms with Gasteiger partial charge >= 0.3 is 0 Å². The molecule has 4 heteroatoms. The van der Waals surface area contributed by atoms with Crippen LogP contribution in [0.1, 0.15) is 59.3 Å². The Morgan fingerprint density at radius 2 is 1.95 bits per heavy atom. The number of hydrogen-bond acceptors (Lipinski definition) is 3. The van der Waals surface area contributed by atoms with Crippen LogP contribution in [0.5, 0.6) is 0 Å². The Labute approximate surface area is 124 Å². The van der Waals surface area contributed by atoms with Crippen molar-refractivity contribution >= 4 is 17.2 Å². The second-order valence-electron chi connectivity index (χ2n) is 6.54. The molecule has 2 unspecified atom stereocenters. The third-order valence-corrected chi connectivity index (χ3v) is 6.20. The second-order valence-corrected chi connectivity index (χ2v) is 7.50. The van der Waals surface area contributed by atoms with Gasteiger partial charge in [0.15, 0.2) is 0 Å². The fraction of sp³-hybridized carbons (Fsp3) is 0.688. The quantitative estimate of drug-likeness (QED) is 0.879. The molecule has 0 radical (unpaired) electrons. The molecule has 108 valence electrons. The molecule has 0 saturated carbocycles. The lowest BCUT2D eigenvalue weighted by molar-refractivity contribution is 0.0923. The van der Waals surface area contributed by atoms with Gasteiger partial charge in [0.2, 0.25) is 0 Å². The standard InChI is InChI=1S/C16H22N2OS/c19-16(14-9-20-15-4-2-1-3-13(14)15)18-12-7-10-5-6-11(8-12)17-10/h9-12,17H,1-8H2,(H,18,19). The van der Waals surface area contributed by atoms with Crippen molar-refractivity contribution in [3.05, 3.63) is 21.4 Å². The van der Waals surface area contributed by atoms with E-state index >= 15 is 0 Å². The average Bonchev–Trinajstić information content (AvgIpc) is 3.02. The van der Waals surface area contributed by atoms with E-state index in [4.69, 9.17) is 0 Å². The van der Waals surface area contributed by atoms with Crippen LogP contribution in [0.15, 0.2) is 5.38 Å². The molecule has 0 aromatic carbocycles. The Hall–Kier alpha value is -0.870. The molecular formula is C16H22N2OS. The van der Waals surface area contributed by atoms with E-state index in [0.717, 1.165) is 24.8 Å². The zero-order chi connectivity index (χ0) is 13.5. The Morgan fingerprint density at radius 3 is 2.75 bits per heavy atom. The fourth-order valence-electron chi connectivity index (χ4n) is 4.12.